The molecular formula is C23H25N3OS. The summed E-state index contributed by atoms with van der Waals surface area (Å²) in [5, 5.41) is 1.06. The summed E-state index contributed by atoms with van der Waals surface area (Å²) in [4.78, 5) is 21.6. The summed E-state index contributed by atoms with van der Waals surface area (Å²) in [6, 6.07) is 18.7. The lowest BCUT2D eigenvalue weighted by molar-refractivity contribution is -0.132. The van der Waals surface area contributed by atoms with E-state index in [4.69, 9.17) is 4.98 Å². The number of carbonyl (C=O) groups excluding carboxylic acids is 1. The topological polar surface area (TPSA) is 36.4 Å². The third-order valence-corrected chi connectivity index (χ3v) is 6.63. The minimum absolute atomic E-state index is 0.113. The third-order valence-electron chi connectivity index (χ3n) is 5.42. The van der Waals surface area contributed by atoms with Crippen molar-refractivity contribution in [1.29, 1.82) is 0 Å². The average molecular weight is 392 g/mol. The average Bonchev–Trinajstić information content (AvgIpc) is 3.18. The van der Waals surface area contributed by atoms with E-state index < -0.39 is 0 Å². The van der Waals surface area contributed by atoms with E-state index in [-0.39, 0.29) is 11.9 Å². The summed E-state index contributed by atoms with van der Waals surface area (Å²) in [6.07, 6.45) is 3.10. The molecular weight excluding hydrogens is 366 g/mol. The molecule has 1 aliphatic rings. The fourth-order valence-corrected chi connectivity index (χ4v) is 4.60. The van der Waals surface area contributed by atoms with E-state index in [2.05, 4.69) is 48.2 Å². The van der Waals surface area contributed by atoms with Crippen LogP contribution in [0.1, 0.15) is 30.0 Å². The highest BCUT2D eigenvalue weighted by atomic mass is 32.1. The quantitative estimate of drug-likeness (QED) is 0.637. The lowest BCUT2D eigenvalue weighted by atomic mass is 9.99. The first kappa shape index (κ1) is 18.8. The van der Waals surface area contributed by atoms with Crippen molar-refractivity contribution in [1.82, 2.24) is 14.8 Å². The van der Waals surface area contributed by atoms with Crippen molar-refractivity contribution in [2.45, 2.75) is 19.4 Å². The van der Waals surface area contributed by atoms with Crippen LogP contribution < -0.4 is 0 Å². The van der Waals surface area contributed by atoms with Crippen LogP contribution in [0.2, 0.25) is 0 Å². The molecule has 5 heteroatoms. The van der Waals surface area contributed by atoms with E-state index in [1.165, 1.54) is 15.8 Å². The van der Waals surface area contributed by atoms with Crippen molar-refractivity contribution in [3.8, 4) is 0 Å². The summed E-state index contributed by atoms with van der Waals surface area (Å²) in [7, 11) is 2.00. The second-order valence-electron chi connectivity index (χ2n) is 7.30. The number of thiazole rings is 1. The number of para-hydroxylation sites is 1. The van der Waals surface area contributed by atoms with Crippen LogP contribution in [0.4, 0.5) is 0 Å². The maximum absolute atomic E-state index is 12.8. The summed E-state index contributed by atoms with van der Waals surface area (Å²) in [6.45, 7) is 4.00. The lowest BCUT2D eigenvalue weighted by Gasteiger charge is -2.30. The molecule has 0 fully saturated rings. The zero-order valence-electron chi connectivity index (χ0n) is 16.3. The standard InChI is InChI=1S/C23H25N3OS/c1-17(23-24-20-10-6-7-11-21(20)28-23)25(2)16-22(27)26-14-12-19(13-15-26)18-8-4-3-5-9-18/h3-12,17H,13-16H2,1-2H3/t17-/m1/s1. The van der Waals surface area contributed by atoms with Gasteiger partial charge in [0.1, 0.15) is 5.01 Å². The Morgan fingerprint density at radius 1 is 1.18 bits per heavy atom. The van der Waals surface area contributed by atoms with E-state index in [9.17, 15) is 4.79 Å². The summed E-state index contributed by atoms with van der Waals surface area (Å²) >= 11 is 1.71. The molecule has 0 aliphatic carbocycles. The van der Waals surface area contributed by atoms with Crippen LogP contribution in [0.15, 0.2) is 60.7 Å². The van der Waals surface area contributed by atoms with Crippen LogP contribution in [0.3, 0.4) is 0 Å². The van der Waals surface area contributed by atoms with Gasteiger partial charge in [-0.25, -0.2) is 4.98 Å². The van der Waals surface area contributed by atoms with Gasteiger partial charge in [0.05, 0.1) is 22.8 Å². The van der Waals surface area contributed by atoms with Crippen molar-refractivity contribution in [3.05, 3.63) is 71.2 Å². The number of amides is 1. The molecule has 2 aromatic carbocycles. The normalized spacial score (nSPS) is 15.7. The Morgan fingerprint density at radius 3 is 2.64 bits per heavy atom. The zero-order valence-corrected chi connectivity index (χ0v) is 17.2. The number of likely N-dealkylation sites (N-methyl/N-ethyl adjacent to an activating group) is 1. The van der Waals surface area contributed by atoms with Crippen LogP contribution in [0, 0.1) is 0 Å². The minimum atomic E-state index is 0.113. The lowest BCUT2D eigenvalue weighted by Crippen LogP contribution is -2.41. The molecule has 0 spiro atoms. The first-order valence-corrected chi connectivity index (χ1v) is 10.5. The highest BCUT2D eigenvalue weighted by Gasteiger charge is 2.23. The fraction of sp³-hybridized carbons (Fsp3) is 0.304. The van der Waals surface area contributed by atoms with Crippen LogP contribution in [0.5, 0.6) is 0 Å². The minimum Gasteiger partial charge on any atom is -0.338 e. The molecule has 28 heavy (non-hydrogen) atoms. The smallest absolute Gasteiger partial charge is 0.237 e. The van der Waals surface area contributed by atoms with E-state index in [1.54, 1.807) is 11.3 Å². The van der Waals surface area contributed by atoms with Crippen molar-refractivity contribution >= 4 is 33.0 Å². The number of aromatic nitrogens is 1. The molecule has 1 atom stereocenters. The molecule has 0 N–H and O–H groups in total. The maximum Gasteiger partial charge on any atom is 0.237 e. The zero-order chi connectivity index (χ0) is 19.5. The second kappa shape index (κ2) is 8.25. The van der Waals surface area contributed by atoms with E-state index >= 15 is 0 Å². The molecule has 0 bridgehead atoms. The molecule has 1 amide bonds. The predicted octanol–water partition coefficient (Wildman–Crippen LogP) is 4.61. The Hall–Kier alpha value is -2.50. The molecule has 1 aliphatic heterocycles. The molecule has 0 radical (unpaired) electrons. The first-order valence-electron chi connectivity index (χ1n) is 9.70. The predicted molar refractivity (Wildman–Crippen MR) is 116 cm³/mol. The Labute approximate surface area is 170 Å². The Bertz CT molecular complexity index is 962. The SMILES string of the molecule is C[C@H](c1nc2ccccc2s1)N(C)CC(=O)N1CC=C(c2ccccc2)CC1. The van der Waals surface area contributed by atoms with Gasteiger partial charge >= 0.3 is 0 Å². The Kier molecular flexibility index (Phi) is 5.55. The van der Waals surface area contributed by atoms with Gasteiger partial charge in [-0.3, -0.25) is 9.69 Å². The number of benzene rings is 2. The van der Waals surface area contributed by atoms with E-state index in [1.807, 2.05) is 36.2 Å². The van der Waals surface area contributed by atoms with Gasteiger partial charge in [-0.1, -0.05) is 48.5 Å². The molecule has 0 saturated heterocycles. The molecule has 144 valence electrons. The summed E-state index contributed by atoms with van der Waals surface area (Å²) in [5.74, 6) is 0.179. The number of carbonyl (C=O) groups is 1. The van der Waals surface area contributed by atoms with Gasteiger partial charge < -0.3 is 4.90 Å². The number of fused-ring (bicyclic) bond motifs is 1. The number of nitrogens with zero attached hydrogens (tertiary/aromatic N) is 3. The third kappa shape index (κ3) is 4.01. The van der Waals surface area contributed by atoms with Gasteiger partial charge in [0.25, 0.3) is 0 Å². The molecule has 4 rings (SSSR count). The molecule has 4 nitrogen and oxygen atoms in total. The van der Waals surface area contributed by atoms with Crippen molar-refractivity contribution in [2.75, 3.05) is 26.7 Å². The van der Waals surface area contributed by atoms with Crippen LogP contribution in [0.25, 0.3) is 15.8 Å². The maximum atomic E-state index is 12.8. The fourth-order valence-electron chi connectivity index (χ4n) is 3.52. The van der Waals surface area contributed by atoms with Crippen molar-refractivity contribution in [3.63, 3.8) is 0 Å². The number of hydrogen-bond donors (Lipinski definition) is 0. The van der Waals surface area contributed by atoms with Crippen molar-refractivity contribution < 1.29 is 4.79 Å². The molecule has 0 unspecified atom stereocenters. The van der Waals surface area contributed by atoms with E-state index in [0.29, 0.717) is 13.1 Å². The Balaban J connectivity index is 1.37. The van der Waals surface area contributed by atoms with E-state index in [0.717, 1.165) is 23.5 Å². The second-order valence-corrected chi connectivity index (χ2v) is 8.36. The van der Waals surface area contributed by atoms with Gasteiger partial charge in [-0.05, 0) is 43.7 Å². The molecule has 0 saturated carbocycles. The van der Waals surface area contributed by atoms with Gasteiger partial charge in [0.2, 0.25) is 5.91 Å². The first-order chi connectivity index (χ1) is 13.6. The number of rotatable bonds is 5. The monoisotopic (exact) mass is 391 g/mol. The van der Waals surface area contributed by atoms with Gasteiger partial charge in [0, 0.05) is 13.1 Å². The molecule has 2 heterocycles. The van der Waals surface area contributed by atoms with Gasteiger partial charge in [0.15, 0.2) is 0 Å². The van der Waals surface area contributed by atoms with Gasteiger partial charge in [-0.2, -0.15) is 0 Å². The van der Waals surface area contributed by atoms with Crippen LogP contribution in [-0.4, -0.2) is 47.4 Å². The van der Waals surface area contributed by atoms with Crippen molar-refractivity contribution in [2.24, 2.45) is 0 Å². The van der Waals surface area contributed by atoms with Crippen LogP contribution >= 0.6 is 11.3 Å². The summed E-state index contributed by atoms with van der Waals surface area (Å²) in [5.41, 5.74) is 3.63. The number of hydrogen-bond acceptors (Lipinski definition) is 4. The van der Waals surface area contributed by atoms with Crippen LogP contribution in [-0.2, 0) is 4.79 Å². The largest absolute Gasteiger partial charge is 0.338 e. The molecule has 3 aromatic rings. The summed E-state index contributed by atoms with van der Waals surface area (Å²) < 4.78 is 1.19. The van der Waals surface area contributed by atoms with Gasteiger partial charge in [-0.15, -0.1) is 11.3 Å². The molecule has 1 aromatic heterocycles. The highest BCUT2D eigenvalue weighted by Crippen LogP contribution is 2.29. The highest BCUT2D eigenvalue weighted by molar-refractivity contribution is 7.18. The Morgan fingerprint density at radius 2 is 1.93 bits per heavy atom.